The van der Waals surface area contributed by atoms with Crippen molar-refractivity contribution in [2.75, 3.05) is 11.9 Å². The summed E-state index contributed by atoms with van der Waals surface area (Å²) in [5.74, 6) is 0.596. The molecule has 3 rings (SSSR count). The number of ether oxygens (including phenoxy) is 1. The first kappa shape index (κ1) is 17.4. The molecule has 0 saturated carbocycles. The van der Waals surface area contributed by atoms with Crippen molar-refractivity contribution in [3.8, 4) is 5.75 Å². The van der Waals surface area contributed by atoms with Crippen LogP contribution in [-0.2, 0) is 6.42 Å². The van der Waals surface area contributed by atoms with Gasteiger partial charge in [0.15, 0.2) is 5.75 Å². The number of halogens is 3. The molecular weight excluding hydrogens is 366 g/mol. The Morgan fingerprint density at radius 1 is 1.04 bits per heavy atom. The Morgan fingerprint density at radius 3 is 2.68 bits per heavy atom. The van der Waals surface area contributed by atoms with Gasteiger partial charge in [0.05, 0.1) is 29.7 Å². The van der Waals surface area contributed by atoms with E-state index in [-0.39, 0.29) is 11.6 Å². The lowest BCUT2D eigenvalue weighted by atomic mass is 10.1. The maximum absolute atomic E-state index is 13.6. The van der Waals surface area contributed by atoms with E-state index in [0.29, 0.717) is 34.3 Å². The second kappa shape index (κ2) is 8.09. The van der Waals surface area contributed by atoms with Gasteiger partial charge in [0, 0.05) is 30.0 Å². The Bertz CT molecular complexity index is 865. The number of rotatable bonds is 6. The minimum atomic E-state index is -0.507. The molecule has 5 nitrogen and oxygen atoms in total. The van der Waals surface area contributed by atoms with E-state index in [1.165, 1.54) is 12.1 Å². The molecule has 25 heavy (non-hydrogen) atoms. The fourth-order valence-electron chi connectivity index (χ4n) is 2.16. The Labute approximate surface area is 153 Å². The summed E-state index contributed by atoms with van der Waals surface area (Å²) >= 11 is 12.0. The number of nitrogens with one attached hydrogen (secondary N) is 1. The molecule has 0 amide bonds. The largest absolute Gasteiger partial charge is 0.489 e. The Morgan fingerprint density at radius 2 is 1.88 bits per heavy atom. The lowest BCUT2D eigenvalue weighted by Crippen LogP contribution is -2.05. The van der Waals surface area contributed by atoms with Crippen molar-refractivity contribution < 1.29 is 9.13 Å². The molecule has 2 heterocycles. The van der Waals surface area contributed by atoms with Gasteiger partial charge in [-0.3, -0.25) is 9.97 Å². The summed E-state index contributed by atoms with van der Waals surface area (Å²) in [5.41, 5.74) is 1.20. The molecule has 0 saturated heterocycles. The second-order valence-corrected chi connectivity index (χ2v) is 5.79. The van der Waals surface area contributed by atoms with Crippen LogP contribution in [0, 0.1) is 5.82 Å². The van der Waals surface area contributed by atoms with Crippen molar-refractivity contribution >= 4 is 34.7 Å². The Balaban J connectivity index is 1.69. The summed E-state index contributed by atoms with van der Waals surface area (Å²) in [5, 5.41) is 3.52. The molecule has 8 heteroatoms. The zero-order valence-electron chi connectivity index (χ0n) is 12.9. The molecular formula is C17H13Cl2FN4O. The fraction of sp³-hybridized carbons (Fsp3) is 0.118. The molecule has 0 aliphatic rings. The molecule has 1 aromatic carbocycles. The zero-order chi connectivity index (χ0) is 17.6. The number of hydrogen-bond acceptors (Lipinski definition) is 5. The average Bonchev–Trinajstić information content (AvgIpc) is 2.63. The van der Waals surface area contributed by atoms with Crippen LogP contribution in [-0.4, -0.2) is 21.6 Å². The summed E-state index contributed by atoms with van der Waals surface area (Å²) in [6, 6.07) is 4.47. The summed E-state index contributed by atoms with van der Waals surface area (Å²) in [7, 11) is 0. The SMILES string of the molecule is Fc1ccc(Cl)c(CCOc2cnccc2Nc2cnccn2)c1Cl. The first-order valence-electron chi connectivity index (χ1n) is 7.37. The predicted octanol–water partition coefficient (Wildman–Crippen LogP) is 4.68. The van der Waals surface area contributed by atoms with Crippen molar-refractivity contribution in [1.29, 1.82) is 0 Å². The van der Waals surface area contributed by atoms with E-state index >= 15 is 0 Å². The summed E-state index contributed by atoms with van der Waals surface area (Å²) in [4.78, 5) is 12.2. The van der Waals surface area contributed by atoms with Gasteiger partial charge in [-0.1, -0.05) is 23.2 Å². The van der Waals surface area contributed by atoms with Gasteiger partial charge in [-0.2, -0.15) is 0 Å². The van der Waals surface area contributed by atoms with Crippen molar-refractivity contribution in [3.05, 3.63) is 70.6 Å². The van der Waals surface area contributed by atoms with E-state index in [4.69, 9.17) is 27.9 Å². The first-order valence-corrected chi connectivity index (χ1v) is 8.13. The molecule has 0 fully saturated rings. The number of benzene rings is 1. The monoisotopic (exact) mass is 378 g/mol. The molecule has 0 unspecified atom stereocenters. The van der Waals surface area contributed by atoms with Crippen LogP contribution >= 0.6 is 23.2 Å². The number of nitrogens with zero attached hydrogens (tertiary/aromatic N) is 3. The fourth-order valence-corrected chi connectivity index (χ4v) is 2.72. The second-order valence-electron chi connectivity index (χ2n) is 5.01. The highest BCUT2D eigenvalue weighted by molar-refractivity contribution is 6.36. The highest BCUT2D eigenvalue weighted by atomic mass is 35.5. The van der Waals surface area contributed by atoms with Crippen LogP contribution in [0.15, 0.2) is 49.2 Å². The molecule has 0 radical (unpaired) electrons. The van der Waals surface area contributed by atoms with E-state index in [2.05, 4.69) is 20.3 Å². The van der Waals surface area contributed by atoms with Crippen molar-refractivity contribution in [2.45, 2.75) is 6.42 Å². The minimum Gasteiger partial charge on any atom is -0.489 e. The van der Waals surface area contributed by atoms with Gasteiger partial charge < -0.3 is 10.1 Å². The third-order valence-corrected chi connectivity index (χ3v) is 4.12. The standard InChI is InChI=1S/C17H13Cl2FN4O/c18-12-1-2-13(20)17(19)11(12)4-8-25-15-9-21-5-3-14(15)24-16-10-22-6-7-23-16/h1-3,5-7,9-10H,4,8H2,(H,21,23,24). The average molecular weight is 379 g/mol. The first-order chi connectivity index (χ1) is 12.1. The smallest absolute Gasteiger partial charge is 0.161 e. The van der Waals surface area contributed by atoms with E-state index in [1.807, 2.05) is 0 Å². The minimum absolute atomic E-state index is 0.0141. The zero-order valence-corrected chi connectivity index (χ0v) is 14.4. The van der Waals surface area contributed by atoms with Crippen LogP contribution < -0.4 is 10.1 Å². The topological polar surface area (TPSA) is 59.9 Å². The van der Waals surface area contributed by atoms with Crippen LogP contribution in [0.1, 0.15) is 5.56 Å². The summed E-state index contributed by atoms with van der Waals surface area (Å²) < 4.78 is 19.3. The number of aromatic nitrogens is 3. The van der Waals surface area contributed by atoms with Crippen LogP contribution in [0.25, 0.3) is 0 Å². The molecule has 0 atom stereocenters. The van der Waals surface area contributed by atoms with Crippen LogP contribution in [0.2, 0.25) is 10.0 Å². The number of anilines is 2. The number of hydrogen-bond donors (Lipinski definition) is 1. The molecule has 128 valence electrons. The lowest BCUT2D eigenvalue weighted by molar-refractivity contribution is 0.322. The number of pyridine rings is 1. The van der Waals surface area contributed by atoms with Gasteiger partial charge in [-0.05, 0) is 23.8 Å². The maximum Gasteiger partial charge on any atom is 0.161 e. The Kier molecular flexibility index (Phi) is 5.63. The van der Waals surface area contributed by atoms with Gasteiger partial charge in [0.2, 0.25) is 0 Å². The summed E-state index contributed by atoms with van der Waals surface area (Å²) in [6.45, 7) is 0.254. The molecule has 0 aliphatic carbocycles. The van der Waals surface area contributed by atoms with Gasteiger partial charge in [0.25, 0.3) is 0 Å². The van der Waals surface area contributed by atoms with Gasteiger partial charge in [0.1, 0.15) is 11.6 Å². The van der Waals surface area contributed by atoms with Gasteiger partial charge in [-0.25, -0.2) is 9.37 Å². The van der Waals surface area contributed by atoms with E-state index in [0.717, 1.165) is 0 Å². The molecule has 2 aromatic heterocycles. The quantitative estimate of drug-likeness (QED) is 0.630. The van der Waals surface area contributed by atoms with E-state index in [1.54, 1.807) is 37.1 Å². The third-order valence-electron chi connectivity index (χ3n) is 3.36. The van der Waals surface area contributed by atoms with Gasteiger partial charge in [-0.15, -0.1) is 0 Å². The Hall–Kier alpha value is -2.44. The molecule has 1 N–H and O–H groups in total. The maximum atomic E-state index is 13.6. The van der Waals surface area contributed by atoms with Crippen LogP contribution in [0.3, 0.4) is 0 Å². The predicted molar refractivity (Wildman–Crippen MR) is 95.2 cm³/mol. The van der Waals surface area contributed by atoms with E-state index < -0.39 is 5.82 Å². The highest BCUT2D eigenvalue weighted by Crippen LogP contribution is 2.29. The summed E-state index contributed by atoms with van der Waals surface area (Å²) in [6.07, 6.45) is 8.32. The molecule has 0 bridgehead atoms. The van der Waals surface area contributed by atoms with Crippen molar-refractivity contribution in [3.63, 3.8) is 0 Å². The molecule has 0 aliphatic heterocycles. The van der Waals surface area contributed by atoms with Crippen LogP contribution in [0.4, 0.5) is 15.9 Å². The van der Waals surface area contributed by atoms with Crippen molar-refractivity contribution in [2.24, 2.45) is 0 Å². The van der Waals surface area contributed by atoms with Crippen LogP contribution in [0.5, 0.6) is 5.75 Å². The molecule has 0 spiro atoms. The van der Waals surface area contributed by atoms with Crippen molar-refractivity contribution in [1.82, 2.24) is 15.0 Å². The van der Waals surface area contributed by atoms with Gasteiger partial charge >= 0.3 is 0 Å². The van der Waals surface area contributed by atoms with E-state index in [9.17, 15) is 4.39 Å². The lowest BCUT2D eigenvalue weighted by Gasteiger charge is -2.13. The molecule has 3 aromatic rings. The highest BCUT2D eigenvalue weighted by Gasteiger charge is 2.12. The third kappa shape index (κ3) is 4.35. The normalized spacial score (nSPS) is 10.5.